The first-order chi connectivity index (χ1) is 13.3. The first-order valence-corrected chi connectivity index (χ1v) is 11.8. The number of hydrogen-bond acceptors (Lipinski definition) is 4. The van der Waals surface area contributed by atoms with E-state index >= 15 is 0 Å². The van der Waals surface area contributed by atoms with E-state index in [0.29, 0.717) is 32.9 Å². The van der Waals surface area contributed by atoms with Crippen molar-refractivity contribution in [1.29, 1.82) is 0 Å². The zero-order valence-corrected chi connectivity index (χ0v) is 21.1. The van der Waals surface area contributed by atoms with Crippen molar-refractivity contribution < 1.29 is 14.3 Å². The Labute approximate surface area is 204 Å². The number of hydrogen-bond donors (Lipinski definition) is 0. The number of ether oxygens (including phenoxy) is 1. The van der Waals surface area contributed by atoms with Gasteiger partial charge in [0, 0.05) is 19.2 Å². The molecule has 0 aromatic heterocycles. The van der Waals surface area contributed by atoms with Crippen LogP contribution in [0.15, 0.2) is 35.2 Å². The minimum absolute atomic E-state index is 0.0974. The van der Waals surface area contributed by atoms with E-state index in [2.05, 4.69) is 45.2 Å². The van der Waals surface area contributed by atoms with Gasteiger partial charge in [-0.3, -0.25) is 14.5 Å². The maximum atomic E-state index is 12.8. The summed E-state index contributed by atoms with van der Waals surface area (Å²) in [7, 11) is 0. The number of imide groups is 1. The molecule has 3 rings (SSSR count). The van der Waals surface area contributed by atoms with Crippen LogP contribution in [0.2, 0.25) is 10.0 Å². The molecular formula is C19H13Cl2I2NO3S. The van der Waals surface area contributed by atoms with Crippen LogP contribution < -0.4 is 4.74 Å². The number of carbonyl (C=O) groups excluding carboxylic acids is 2. The van der Waals surface area contributed by atoms with E-state index in [1.165, 1.54) is 4.90 Å². The molecule has 0 saturated carbocycles. The second kappa shape index (κ2) is 9.55. The molecule has 0 aliphatic carbocycles. The van der Waals surface area contributed by atoms with Crippen LogP contribution >= 0.6 is 80.1 Å². The standard InChI is InChI=1S/C19H13Cl2I2NO3S/c1-2-27-17-11(5-13(22)8-15(17)23)6-16-18(25)24(19(26)28-16)9-10-3-4-12(20)7-14(10)21/h3-8H,2,9H2,1H3/b16-6+. The van der Waals surface area contributed by atoms with Gasteiger partial charge in [0.1, 0.15) is 5.75 Å². The van der Waals surface area contributed by atoms with Crippen LogP contribution in [0, 0.1) is 7.14 Å². The molecule has 2 aromatic carbocycles. The molecule has 0 radical (unpaired) electrons. The zero-order valence-electron chi connectivity index (χ0n) is 14.5. The Bertz CT molecular complexity index is 997. The summed E-state index contributed by atoms with van der Waals surface area (Å²) in [5, 5.41) is 0.585. The Kier molecular flexibility index (Phi) is 7.57. The lowest BCUT2D eigenvalue weighted by Gasteiger charge is -2.14. The van der Waals surface area contributed by atoms with E-state index in [-0.39, 0.29) is 17.7 Å². The van der Waals surface area contributed by atoms with E-state index in [1.807, 2.05) is 19.1 Å². The molecule has 0 N–H and O–H groups in total. The number of nitrogens with zero attached hydrogens (tertiary/aromatic N) is 1. The second-order valence-corrected chi connectivity index (χ2v) is 9.99. The Morgan fingerprint density at radius 3 is 2.61 bits per heavy atom. The number of carbonyl (C=O) groups is 2. The van der Waals surface area contributed by atoms with E-state index in [4.69, 9.17) is 27.9 Å². The van der Waals surface area contributed by atoms with Gasteiger partial charge in [0.15, 0.2) is 0 Å². The number of halogens is 4. The van der Waals surface area contributed by atoms with E-state index < -0.39 is 0 Å². The summed E-state index contributed by atoms with van der Waals surface area (Å²) < 4.78 is 7.71. The van der Waals surface area contributed by atoms with Crippen molar-refractivity contribution in [2.45, 2.75) is 13.5 Å². The van der Waals surface area contributed by atoms with E-state index in [0.717, 1.165) is 24.5 Å². The Hall–Kier alpha value is -0.490. The van der Waals surface area contributed by atoms with Crippen molar-refractivity contribution in [3.63, 3.8) is 0 Å². The molecule has 9 heteroatoms. The molecule has 0 unspecified atom stereocenters. The van der Waals surface area contributed by atoms with E-state index in [1.54, 1.807) is 24.3 Å². The predicted octanol–water partition coefficient (Wildman–Crippen LogP) is 6.84. The summed E-state index contributed by atoms with van der Waals surface area (Å²) in [4.78, 5) is 26.8. The van der Waals surface area contributed by atoms with Gasteiger partial charge >= 0.3 is 0 Å². The highest BCUT2D eigenvalue weighted by Gasteiger charge is 2.35. The lowest BCUT2D eigenvalue weighted by Crippen LogP contribution is -2.27. The summed E-state index contributed by atoms with van der Waals surface area (Å²) in [6.45, 7) is 2.51. The third-order valence-electron chi connectivity index (χ3n) is 3.83. The summed E-state index contributed by atoms with van der Waals surface area (Å²) in [5.74, 6) is 0.355. The molecule has 0 spiro atoms. The van der Waals surface area contributed by atoms with Gasteiger partial charge in [-0.25, -0.2) is 0 Å². The maximum Gasteiger partial charge on any atom is 0.293 e. The van der Waals surface area contributed by atoms with Crippen LogP contribution in [0.1, 0.15) is 18.1 Å². The minimum atomic E-state index is -0.350. The van der Waals surface area contributed by atoms with Crippen LogP contribution in [0.5, 0.6) is 5.75 Å². The molecule has 2 amide bonds. The van der Waals surface area contributed by atoms with Crippen molar-refractivity contribution >= 4 is 97.4 Å². The SMILES string of the molecule is CCOc1c(I)cc(I)cc1/C=C1/SC(=O)N(Cc2ccc(Cl)cc2Cl)C1=O. The molecule has 0 bridgehead atoms. The second-order valence-electron chi connectivity index (χ2n) is 5.74. The average molecular weight is 660 g/mol. The highest BCUT2D eigenvalue weighted by molar-refractivity contribution is 14.1. The highest BCUT2D eigenvalue weighted by atomic mass is 127. The van der Waals surface area contributed by atoms with Gasteiger partial charge in [-0.1, -0.05) is 29.3 Å². The summed E-state index contributed by atoms with van der Waals surface area (Å²) in [5.41, 5.74) is 1.43. The molecule has 0 atom stereocenters. The van der Waals surface area contributed by atoms with Crippen LogP contribution in [-0.4, -0.2) is 22.7 Å². The quantitative estimate of drug-likeness (QED) is 0.261. The smallest absolute Gasteiger partial charge is 0.293 e. The molecule has 1 heterocycles. The van der Waals surface area contributed by atoms with Crippen molar-refractivity contribution in [3.05, 3.63) is 63.5 Å². The van der Waals surface area contributed by atoms with Gasteiger partial charge in [0.2, 0.25) is 0 Å². The monoisotopic (exact) mass is 659 g/mol. The molecule has 1 saturated heterocycles. The topological polar surface area (TPSA) is 46.6 Å². The van der Waals surface area contributed by atoms with E-state index in [9.17, 15) is 9.59 Å². The molecule has 1 fully saturated rings. The predicted molar refractivity (Wildman–Crippen MR) is 131 cm³/mol. The average Bonchev–Trinajstić information content (AvgIpc) is 2.87. The lowest BCUT2D eigenvalue weighted by molar-refractivity contribution is -0.123. The third kappa shape index (κ3) is 4.97. The van der Waals surface area contributed by atoms with Gasteiger partial charge in [0.05, 0.1) is 21.6 Å². The first kappa shape index (κ1) is 22.2. The fraction of sp³-hybridized carbons (Fsp3) is 0.158. The Morgan fingerprint density at radius 2 is 1.93 bits per heavy atom. The van der Waals surface area contributed by atoms with Crippen LogP contribution in [0.25, 0.3) is 6.08 Å². The number of rotatable bonds is 5. The molecule has 2 aromatic rings. The normalized spacial score (nSPS) is 15.6. The number of amides is 2. The summed E-state index contributed by atoms with van der Waals surface area (Å²) in [6, 6.07) is 8.91. The highest BCUT2D eigenvalue weighted by Crippen LogP contribution is 2.37. The molecular weight excluding hydrogens is 647 g/mol. The van der Waals surface area contributed by atoms with Crippen LogP contribution in [0.4, 0.5) is 4.79 Å². The van der Waals surface area contributed by atoms with Crippen molar-refractivity contribution in [2.75, 3.05) is 6.61 Å². The van der Waals surface area contributed by atoms with Gasteiger partial charge < -0.3 is 4.74 Å². The van der Waals surface area contributed by atoms with Gasteiger partial charge in [-0.2, -0.15) is 0 Å². The van der Waals surface area contributed by atoms with Crippen molar-refractivity contribution in [1.82, 2.24) is 4.90 Å². The molecule has 28 heavy (non-hydrogen) atoms. The van der Waals surface area contributed by atoms with Gasteiger partial charge in [-0.15, -0.1) is 0 Å². The lowest BCUT2D eigenvalue weighted by atomic mass is 10.1. The zero-order chi connectivity index (χ0) is 20.4. The molecule has 146 valence electrons. The number of benzene rings is 2. The fourth-order valence-corrected chi connectivity index (χ4v) is 5.92. The summed E-state index contributed by atoms with van der Waals surface area (Å²) >= 11 is 17.4. The fourth-order valence-electron chi connectivity index (χ4n) is 2.58. The number of thioether (sulfide) groups is 1. The molecule has 1 aliphatic heterocycles. The minimum Gasteiger partial charge on any atom is -0.492 e. The largest absolute Gasteiger partial charge is 0.492 e. The molecule has 4 nitrogen and oxygen atoms in total. The Balaban J connectivity index is 1.91. The first-order valence-electron chi connectivity index (χ1n) is 8.11. The third-order valence-corrected chi connectivity index (χ3v) is 6.75. The Morgan fingerprint density at radius 1 is 1.18 bits per heavy atom. The molecule has 1 aliphatic rings. The van der Waals surface area contributed by atoms with Crippen molar-refractivity contribution in [2.24, 2.45) is 0 Å². The van der Waals surface area contributed by atoms with Crippen molar-refractivity contribution in [3.8, 4) is 5.75 Å². The van der Waals surface area contributed by atoms with Gasteiger partial charge in [-0.05, 0) is 99.8 Å². The van der Waals surface area contributed by atoms with Gasteiger partial charge in [0.25, 0.3) is 11.1 Å². The van der Waals surface area contributed by atoms with Crippen LogP contribution in [0.3, 0.4) is 0 Å². The summed E-state index contributed by atoms with van der Waals surface area (Å²) in [6.07, 6.45) is 1.71. The maximum absolute atomic E-state index is 12.8. The van der Waals surface area contributed by atoms with Crippen LogP contribution in [-0.2, 0) is 11.3 Å².